The van der Waals surface area contributed by atoms with E-state index in [1.807, 2.05) is 66.7 Å². The highest BCUT2D eigenvalue weighted by molar-refractivity contribution is 6.12. The first-order valence-corrected chi connectivity index (χ1v) is 14.8. The second kappa shape index (κ2) is 15.3. The second-order valence-corrected chi connectivity index (χ2v) is 10.5. The third-order valence-corrected chi connectivity index (χ3v) is 7.42. The molecule has 1 N–H and O–H groups in total. The summed E-state index contributed by atoms with van der Waals surface area (Å²) in [4.78, 5) is 28.1. The number of nitrogens with one attached hydrogen (secondary N) is 1. The number of carbonyl (C=O) groups is 2. The lowest BCUT2D eigenvalue weighted by Gasteiger charge is -2.25. The van der Waals surface area contributed by atoms with Gasteiger partial charge in [-0.1, -0.05) is 84.9 Å². The van der Waals surface area contributed by atoms with Gasteiger partial charge in [0.15, 0.2) is 5.78 Å². The van der Waals surface area contributed by atoms with Gasteiger partial charge in [0.2, 0.25) is 0 Å². The maximum Gasteiger partial charge on any atom is 0.328 e. The van der Waals surface area contributed by atoms with Crippen molar-refractivity contribution in [2.45, 2.75) is 19.0 Å². The summed E-state index contributed by atoms with van der Waals surface area (Å²) in [7, 11) is 1.35. The first-order chi connectivity index (χ1) is 22.0. The Bertz CT molecular complexity index is 1680. The van der Waals surface area contributed by atoms with E-state index in [1.165, 1.54) is 19.2 Å². The Hall–Kier alpha value is -5.43. The molecular weight excluding hydrogens is 567 g/mol. The number of halogens is 1. The Morgan fingerprint density at radius 2 is 1.40 bits per heavy atom. The predicted molar refractivity (Wildman–Crippen MR) is 175 cm³/mol. The molecule has 0 aliphatic rings. The third kappa shape index (κ3) is 8.57. The van der Waals surface area contributed by atoms with E-state index in [2.05, 4.69) is 22.3 Å². The molecule has 0 saturated carbocycles. The van der Waals surface area contributed by atoms with Crippen LogP contribution in [0, 0.1) is 5.82 Å². The first-order valence-electron chi connectivity index (χ1n) is 14.8. The van der Waals surface area contributed by atoms with Crippen LogP contribution in [0.25, 0.3) is 0 Å². The zero-order valence-electron chi connectivity index (χ0n) is 25.1. The molecule has 0 heterocycles. The van der Waals surface area contributed by atoms with Crippen molar-refractivity contribution in [3.8, 4) is 5.75 Å². The highest BCUT2D eigenvalue weighted by atomic mass is 19.1. The first kappa shape index (κ1) is 31.0. The fraction of sp³-hybridized carbons (Fsp3) is 0.158. The molecule has 45 heavy (non-hydrogen) atoms. The molecular formula is C38H35FN2O4. The number of nitrogens with zero attached hydrogens (tertiary/aromatic N) is 1. The predicted octanol–water partition coefficient (Wildman–Crippen LogP) is 7.34. The lowest BCUT2D eigenvalue weighted by Crippen LogP contribution is -2.33. The number of ether oxygens (including phenoxy) is 2. The molecule has 0 fully saturated rings. The molecule has 1 atom stereocenters. The van der Waals surface area contributed by atoms with Gasteiger partial charge in [-0.3, -0.25) is 4.79 Å². The summed E-state index contributed by atoms with van der Waals surface area (Å²) in [6, 6.07) is 39.6. The van der Waals surface area contributed by atoms with E-state index in [1.54, 1.807) is 42.5 Å². The summed E-state index contributed by atoms with van der Waals surface area (Å²) < 4.78 is 24.7. The van der Waals surface area contributed by atoms with Crippen molar-refractivity contribution < 1.29 is 23.5 Å². The van der Waals surface area contributed by atoms with Crippen LogP contribution in [0.1, 0.15) is 27.0 Å². The summed E-state index contributed by atoms with van der Waals surface area (Å²) in [6.45, 7) is 1.68. The zero-order chi connectivity index (χ0) is 31.4. The number of anilines is 2. The van der Waals surface area contributed by atoms with Crippen LogP contribution < -0.4 is 15.0 Å². The molecule has 5 aromatic rings. The zero-order valence-corrected chi connectivity index (χ0v) is 25.1. The van der Waals surface area contributed by atoms with Crippen molar-refractivity contribution in [1.29, 1.82) is 0 Å². The van der Waals surface area contributed by atoms with Crippen molar-refractivity contribution >= 4 is 23.1 Å². The van der Waals surface area contributed by atoms with Gasteiger partial charge in [-0.2, -0.15) is 0 Å². The maximum absolute atomic E-state index is 13.6. The Morgan fingerprint density at radius 1 is 0.756 bits per heavy atom. The van der Waals surface area contributed by atoms with Gasteiger partial charge in [-0.15, -0.1) is 0 Å². The number of rotatable bonds is 14. The van der Waals surface area contributed by atoms with Crippen LogP contribution in [0.4, 0.5) is 15.8 Å². The van der Waals surface area contributed by atoms with E-state index in [9.17, 15) is 14.0 Å². The van der Waals surface area contributed by atoms with Gasteiger partial charge in [0.1, 0.15) is 24.2 Å². The molecule has 0 spiro atoms. The second-order valence-electron chi connectivity index (χ2n) is 10.5. The number of methoxy groups -OCH3 is 1. The van der Waals surface area contributed by atoms with Gasteiger partial charge in [0.05, 0.1) is 13.7 Å². The molecule has 0 aromatic heterocycles. The van der Waals surface area contributed by atoms with E-state index in [4.69, 9.17) is 9.47 Å². The number of carbonyl (C=O) groups excluding carboxylic acids is 2. The molecule has 0 radical (unpaired) electrons. The number of benzene rings is 5. The third-order valence-electron chi connectivity index (χ3n) is 7.42. The largest absolute Gasteiger partial charge is 0.492 e. The average molecular weight is 603 g/mol. The van der Waals surface area contributed by atoms with Crippen molar-refractivity contribution in [2.24, 2.45) is 0 Å². The molecule has 0 saturated heterocycles. The lowest BCUT2D eigenvalue weighted by molar-refractivity contribution is -0.141. The van der Waals surface area contributed by atoms with E-state index in [-0.39, 0.29) is 11.6 Å². The minimum Gasteiger partial charge on any atom is -0.492 e. The van der Waals surface area contributed by atoms with E-state index < -0.39 is 12.0 Å². The maximum atomic E-state index is 13.6. The SMILES string of the molecule is COC(=O)[C@H](Cc1ccc(OCCN(Cc2ccccc2)c2ccc(F)cc2)cc1)Nc1ccccc1C(=O)c1ccccc1. The van der Waals surface area contributed by atoms with E-state index in [0.29, 0.717) is 48.7 Å². The summed E-state index contributed by atoms with van der Waals surface area (Å²) in [5.74, 6) is -0.148. The van der Waals surface area contributed by atoms with Crippen molar-refractivity contribution in [3.63, 3.8) is 0 Å². The van der Waals surface area contributed by atoms with Gasteiger partial charge < -0.3 is 19.7 Å². The van der Waals surface area contributed by atoms with Crippen molar-refractivity contribution in [1.82, 2.24) is 0 Å². The number of hydrogen-bond donors (Lipinski definition) is 1. The minimum absolute atomic E-state index is 0.134. The van der Waals surface area contributed by atoms with Crippen LogP contribution in [0.5, 0.6) is 5.75 Å². The summed E-state index contributed by atoms with van der Waals surface area (Å²) in [6.07, 6.45) is 0.343. The minimum atomic E-state index is -0.714. The van der Waals surface area contributed by atoms with Gasteiger partial charge in [0, 0.05) is 35.5 Å². The molecule has 0 unspecified atom stereocenters. The van der Waals surface area contributed by atoms with Crippen molar-refractivity contribution in [3.05, 3.63) is 162 Å². The molecule has 5 aromatic carbocycles. The molecule has 0 bridgehead atoms. The summed E-state index contributed by atoms with van der Waals surface area (Å²) in [5, 5.41) is 3.24. The topological polar surface area (TPSA) is 67.9 Å². The van der Waals surface area contributed by atoms with Crippen LogP contribution in [0.2, 0.25) is 0 Å². The Balaban J connectivity index is 1.22. The number of esters is 1. The van der Waals surface area contributed by atoms with Gasteiger partial charge in [-0.25, -0.2) is 9.18 Å². The number of hydrogen-bond acceptors (Lipinski definition) is 6. The van der Waals surface area contributed by atoms with Gasteiger partial charge in [-0.05, 0) is 59.7 Å². The molecule has 228 valence electrons. The molecule has 0 aliphatic carbocycles. The smallest absolute Gasteiger partial charge is 0.328 e. The highest BCUT2D eigenvalue weighted by Crippen LogP contribution is 2.23. The van der Waals surface area contributed by atoms with Gasteiger partial charge in [0.25, 0.3) is 0 Å². The van der Waals surface area contributed by atoms with Crippen molar-refractivity contribution in [2.75, 3.05) is 30.5 Å². The standard InChI is InChI=1S/C38H35FN2O4/c1-44-38(43)36(40-35-15-9-8-14-34(35)37(42)30-12-6-3-7-13-30)26-28-16-22-33(23-17-28)45-25-24-41(27-29-10-4-2-5-11-29)32-20-18-31(39)19-21-32/h2-23,36,40H,24-27H2,1H3/t36-/m0/s1. The monoisotopic (exact) mass is 602 g/mol. The van der Waals surface area contributed by atoms with Crippen LogP contribution in [0.3, 0.4) is 0 Å². The Labute approximate surface area is 263 Å². The summed E-state index contributed by atoms with van der Waals surface area (Å²) in [5.41, 5.74) is 4.55. The van der Waals surface area contributed by atoms with E-state index >= 15 is 0 Å². The van der Waals surface area contributed by atoms with Crippen LogP contribution >= 0.6 is 0 Å². The normalized spacial score (nSPS) is 11.3. The Kier molecular flexibility index (Phi) is 10.6. The van der Waals surface area contributed by atoms with Gasteiger partial charge >= 0.3 is 5.97 Å². The lowest BCUT2D eigenvalue weighted by atomic mass is 10.00. The number of ketones is 1. The molecule has 0 aliphatic heterocycles. The van der Waals surface area contributed by atoms with Crippen LogP contribution in [-0.2, 0) is 22.5 Å². The molecule has 6 nitrogen and oxygen atoms in total. The fourth-order valence-electron chi connectivity index (χ4n) is 5.06. The number of para-hydroxylation sites is 1. The van der Waals surface area contributed by atoms with E-state index in [0.717, 1.165) is 16.8 Å². The quantitative estimate of drug-likeness (QED) is 0.106. The molecule has 7 heteroatoms. The average Bonchev–Trinajstić information content (AvgIpc) is 3.09. The van der Waals surface area contributed by atoms with Crippen LogP contribution in [0.15, 0.2) is 133 Å². The molecule has 0 amide bonds. The van der Waals surface area contributed by atoms with Crippen LogP contribution in [-0.4, -0.2) is 38.1 Å². The summed E-state index contributed by atoms with van der Waals surface area (Å²) >= 11 is 0. The fourth-order valence-corrected chi connectivity index (χ4v) is 5.06. The highest BCUT2D eigenvalue weighted by Gasteiger charge is 2.22. The Morgan fingerprint density at radius 3 is 2.09 bits per heavy atom. The molecule has 5 rings (SSSR count).